The lowest BCUT2D eigenvalue weighted by Crippen LogP contribution is -1.89. The first-order chi connectivity index (χ1) is 8.78. The van der Waals surface area contributed by atoms with Gasteiger partial charge < -0.3 is 5.32 Å². The summed E-state index contributed by atoms with van der Waals surface area (Å²) < 4.78 is 0. The molecule has 3 nitrogen and oxygen atoms in total. The zero-order valence-electron chi connectivity index (χ0n) is 11.1. The Balaban J connectivity index is 2.34. The molecule has 0 aliphatic carbocycles. The highest BCUT2D eigenvalue weighted by atomic mass is 32.1. The van der Waals surface area contributed by atoms with E-state index >= 15 is 0 Å². The molecule has 0 bridgehead atoms. The smallest absolute Gasteiger partial charge is 0.182 e. The minimum atomic E-state index is 0.970. The van der Waals surface area contributed by atoms with Gasteiger partial charge in [0.25, 0.3) is 0 Å². The van der Waals surface area contributed by atoms with Gasteiger partial charge in [-0.25, -0.2) is 9.97 Å². The van der Waals surface area contributed by atoms with Crippen LogP contribution in [0.4, 0.5) is 5.13 Å². The molecule has 2 heterocycles. The van der Waals surface area contributed by atoms with Crippen LogP contribution in [-0.4, -0.2) is 17.0 Å². The maximum atomic E-state index is 4.76. The fourth-order valence-corrected chi connectivity index (χ4v) is 3.73. The molecule has 0 aliphatic heterocycles. The first-order valence-corrected chi connectivity index (χ1v) is 8.10. The number of thiazole rings is 2. The molecular weight excluding hydrogens is 262 g/mol. The largest absolute Gasteiger partial charge is 0.365 e. The summed E-state index contributed by atoms with van der Waals surface area (Å²) in [4.78, 5) is 10.6. The number of aryl methyl sites for hydroxylation is 2. The zero-order chi connectivity index (χ0) is 13.0. The number of nitrogens with zero attached hydrogens (tertiary/aromatic N) is 2. The van der Waals surface area contributed by atoms with Crippen molar-refractivity contribution in [3.63, 3.8) is 0 Å². The van der Waals surface area contributed by atoms with E-state index < -0.39 is 0 Å². The zero-order valence-corrected chi connectivity index (χ0v) is 12.7. The molecule has 18 heavy (non-hydrogen) atoms. The highest BCUT2D eigenvalue weighted by molar-refractivity contribution is 7.16. The van der Waals surface area contributed by atoms with Crippen LogP contribution in [0.2, 0.25) is 0 Å². The fourth-order valence-electron chi connectivity index (χ4n) is 1.82. The molecule has 0 saturated carbocycles. The van der Waals surface area contributed by atoms with Crippen molar-refractivity contribution in [1.29, 1.82) is 0 Å². The summed E-state index contributed by atoms with van der Waals surface area (Å²) in [5, 5.41) is 7.43. The van der Waals surface area contributed by atoms with Gasteiger partial charge in [-0.1, -0.05) is 20.3 Å². The van der Waals surface area contributed by atoms with E-state index in [1.54, 1.807) is 22.7 Å². The van der Waals surface area contributed by atoms with Crippen LogP contribution in [0, 0.1) is 0 Å². The second-order valence-corrected chi connectivity index (χ2v) is 6.11. The molecule has 98 valence electrons. The van der Waals surface area contributed by atoms with Gasteiger partial charge in [0.1, 0.15) is 0 Å². The molecule has 0 amide bonds. The summed E-state index contributed by atoms with van der Waals surface area (Å²) in [5.74, 6) is 0. The van der Waals surface area contributed by atoms with Gasteiger partial charge in [0.05, 0.1) is 21.3 Å². The van der Waals surface area contributed by atoms with E-state index in [0.717, 1.165) is 36.5 Å². The van der Waals surface area contributed by atoms with E-state index in [2.05, 4.69) is 29.5 Å². The quantitative estimate of drug-likeness (QED) is 0.861. The summed E-state index contributed by atoms with van der Waals surface area (Å²) in [6.45, 7) is 4.39. The molecule has 5 heteroatoms. The number of rotatable bonds is 6. The molecule has 0 unspecified atom stereocenters. The van der Waals surface area contributed by atoms with Crippen molar-refractivity contribution >= 4 is 27.8 Å². The monoisotopic (exact) mass is 281 g/mol. The predicted octanol–water partition coefficient (Wildman–Crippen LogP) is 4.21. The Morgan fingerprint density at radius 1 is 1.17 bits per heavy atom. The third-order valence-corrected chi connectivity index (χ3v) is 4.68. The average Bonchev–Trinajstić information content (AvgIpc) is 2.96. The molecule has 2 aromatic heterocycles. The van der Waals surface area contributed by atoms with Gasteiger partial charge in [-0.3, -0.25) is 0 Å². The van der Waals surface area contributed by atoms with E-state index in [9.17, 15) is 0 Å². The summed E-state index contributed by atoms with van der Waals surface area (Å²) in [6.07, 6.45) is 4.40. The number of hydrogen-bond donors (Lipinski definition) is 1. The lowest BCUT2D eigenvalue weighted by Gasteiger charge is -1.96. The normalized spacial score (nSPS) is 10.8. The first-order valence-electron chi connectivity index (χ1n) is 6.40. The Hall–Kier alpha value is -0.940. The van der Waals surface area contributed by atoms with Crippen LogP contribution in [0.25, 0.3) is 10.6 Å². The van der Waals surface area contributed by atoms with Gasteiger partial charge in [-0.2, -0.15) is 0 Å². The maximum absolute atomic E-state index is 4.76. The van der Waals surface area contributed by atoms with Gasteiger partial charge >= 0.3 is 0 Å². The highest BCUT2D eigenvalue weighted by Crippen LogP contribution is 2.33. The van der Waals surface area contributed by atoms with Gasteiger partial charge in [0.2, 0.25) is 0 Å². The van der Waals surface area contributed by atoms with E-state index in [0.29, 0.717) is 0 Å². The summed E-state index contributed by atoms with van der Waals surface area (Å²) in [5.41, 5.74) is 2.30. The lowest BCUT2D eigenvalue weighted by atomic mass is 10.2. The van der Waals surface area contributed by atoms with Crippen molar-refractivity contribution in [2.24, 2.45) is 0 Å². The molecule has 2 rings (SSSR count). The van der Waals surface area contributed by atoms with Crippen molar-refractivity contribution in [3.8, 4) is 10.6 Å². The fraction of sp³-hybridized carbons (Fsp3) is 0.538. The molecule has 0 aliphatic rings. The maximum Gasteiger partial charge on any atom is 0.182 e. The number of anilines is 1. The Morgan fingerprint density at radius 2 is 1.94 bits per heavy atom. The molecule has 0 radical (unpaired) electrons. The molecule has 0 spiro atoms. The summed E-state index contributed by atoms with van der Waals surface area (Å²) in [7, 11) is 1.91. The SMILES string of the molecule is CCCc1nc(CCC)c(-c2csc(NC)n2)s1. The predicted molar refractivity (Wildman–Crippen MR) is 80.8 cm³/mol. The Labute approximate surface area is 116 Å². The van der Waals surface area contributed by atoms with Crippen LogP contribution in [-0.2, 0) is 12.8 Å². The number of aromatic nitrogens is 2. The average molecular weight is 281 g/mol. The third kappa shape index (κ3) is 2.90. The van der Waals surface area contributed by atoms with Crippen molar-refractivity contribution < 1.29 is 0 Å². The lowest BCUT2D eigenvalue weighted by molar-refractivity contribution is 0.858. The topological polar surface area (TPSA) is 37.8 Å². The van der Waals surface area contributed by atoms with Crippen molar-refractivity contribution in [1.82, 2.24) is 9.97 Å². The molecule has 2 aromatic rings. The standard InChI is InChI=1S/C13H19N3S2/c1-4-6-9-12(18-11(15-9)7-5-2)10-8-17-13(14-3)16-10/h8H,4-7H2,1-3H3,(H,14,16). The van der Waals surface area contributed by atoms with Gasteiger partial charge in [0, 0.05) is 12.4 Å². The summed E-state index contributed by atoms with van der Waals surface area (Å²) in [6, 6.07) is 0. The van der Waals surface area contributed by atoms with E-state index in [-0.39, 0.29) is 0 Å². The second-order valence-electron chi connectivity index (χ2n) is 4.17. The second kappa shape index (κ2) is 6.29. The van der Waals surface area contributed by atoms with Crippen LogP contribution in [0.5, 0.6) is 0 Å². The minimum absolute atomic E-state index is 0.970. The van der Waals surface area contributed by atoms with E-state index in [4.69, 9.17) is 4.98 Å². The van der Waals surface area contributed by atoms with Crippen LogP contribution in [0.1, 0.15) is 37.4 Å². The molecule has 0 aromatic carbocycles. The number of nitrogens with one attached hydrogen (secondary N) is 1. The van der Waals surface area contributed by atoms with Gasteiger partial charge in [-0.05, 0) is 19.3 Å². The Morgan fingerprint density at radius 3 is 2.56 bits per heavy atom. The number of hydrogen-bond acceptors (Lipinski definition) is 5. The molecule has 1 N–H and O–H groups in total. The minimum Gasteiger partial charge on any atom is -0.365 e. The van der Waals surface area contributed by atoms with Crippen molar-refractivity contribution in [3.05, 3.63) is 16.1 Å². The van der Waals surface area contributed by atoms with E-state index in [1.165, 1.54) is 15.6 Å². The van der Waals surface area contributed by atoms with Crippen molar-refractivity contribution in [2.45, 2.75) is 39.5 Å². The van der Waals surface area contributed by atoms with Crippen LogP contribution in [0.15, 0.2) is 5.38 Å². The van der Waals surface area contributed by atoms with Crippen LogP contribution in [0.3, 0.4) is 0 Å². The first kappa shape index (κ1) is 13.5. The van der Waals surface area contributed by atoms with Gasteiger partial charge in [0.15, 0.2) is 5.13 Å². The third-order valence-electron chi connectivity index (χ3n) is 2.64. The Kier molecular flexibility index (Phi) is 4.72. The Bertz CT molecular complexity index is 502. The van der Waals surface area contributed by atoms with E-state index in [1.807, 2.05) is 7.05 Å². The van der Waals surface area contributed by atoms with Crippen LogP contribution < -0.4 is 5.32 Å². The summed E-state index contributed by atoms with van der Waals surface area (Å²) >= 11 is 3.46. The molecule has 0 atom stereocenters. The molecule has 0 fully saturated rings. The van der Waals surface area contributed by atoms with Crippen molar-refractivity contribution in [2.75, 3.05) is 12.4 Å². The highest BCUT2D eigenvalue weighted by Gasteiger charge is 2.14. The van der Waals surface area contributed by atoms with Gasteiger partial charge in [-0.15, -0.1) is 22.7 Å². The van der Waals surface area contributed by atoms with Crippen LogP contribution >= 0.6 is 22.7 Å². The molecule has 0 saturated heterocycles. The molecular formula is C13H19N3S2.